The highest BCUT2D eigenvalue weighted by Crippen LogP contribution is 2.32. The lowest BCUT2D eigenvalue weighted by atomic mass is 9.96. The van der Waals surface area contributed by atoms with Crippen LogP contribution < -0.4 is 10.2 Å². The van der Waals surface area contributed by atoms with E-state index in [9.17, 15) is 4.79 Å². The number of rotatable bonds is 1. The summed E-state index contributed by atoms with van der Waals surface area (Å²) in [4.78, 5) is 14.2. The lowest BCUT2D eigenvalue weighted by molar-refractivity contribution is -0.118. The van der Waals surface area contributed by atoms with E-state index in [0.717, 1.165) is 24.2 Å². The molecule has 1 aromatic carbocycles. The third-order valence-electron chi connectivity index (χ3n) is 3.46. The van der Waals surface area contributed by atoms with Crippen LogP contribution in [0.3, 0.4) is 0 Å². The molecule has 1 amide bonds. The number of carbonyl (C=O) groups is 1. The molecule has 3 nitrogen and oxygen atoms in total. The summed E-state index contributed by atoms with van der Waals surface area (Å²) < 4.78 is 0. The van der Waals surface area contributed by atoms with E-state index in [1.54, 1.807) is 0 Å². The maximum atomic E-state index is 12.3. The van der Waals surface area contributed by atoms with Crippen LogP contribution in [0.15, 0.2) is 18.2 Å². The van der Waals surface area contributed by atoms with Gasteiger partial charge in [-0.05, 0) is 51.4 Å². The van der Waals surface area contributed by atoms with Crippen LogP contribution in [0.4, 0.5) is 5.69 Å². The van der Waals surface area contributed by atoms with Crippen LogP contribution in [0.25, 0.3) is 0 Å². The normalized spacial score (nSPS) is 19.8. The van der Waals surface area contributed by atoms with E-state index in [4.69, 9.17) is 11.6 Å². The molecule has 0 atom stereocenters. The van der Waals surface area contributed by atoms with E-state index < -0.39 is 0 Å². The maximum absolute atomic E-state index is 12.3. The average Bonchev–Trinajstić information content (AvgIpc) is 2.41. The van der Waals surface area contributed by atoms with Gasteiger partial charge in [0, 0.05) is 16.2 Å². The van der Waals surface area contributed by atoms with Gasteiger partial charge in [-0.2, -0.15) is 0 Å². The quantitative estimate of drug-likeness (QED) is 0.848. The van der Waals surface area contributed by atoms with Crippen molar-refractivity contribution < 1.29 is 4.79 Å². The summed E-state index contributed by atoms with van der Waals surface area (Å²) in [5.74, 6) is 0.0999. The molecule has 18 heavy (non-hydrogen) atoms. The van der Waals surface area contributed by atoms with Gasteiger partial charge in [-0.25, -0.2) is 0 Å². The highest BCUT2D eigenvalue weighted by molar-refractivity contribution is 6.31. The van der Waals surface area contributed by atoms with Gasteiger partial charge in [-0.15, -0.1) is 0 Å². The topological polar surface area (TPSA) is 32.3 Å². The van der Waals surface area contributed by atoms with Crippen molar-refractivity contribution in [1.82, 2.24) is 5.32 Å². The molecule has 0 radical (unpaired) electrons. The molecular formula is C14H19ClN2O. The first kappa shape index (κ1) is 13.4. The van der Waals surface area contributed by atoms with Crippen LogP contribution in [0.5, 0.6) is 0 Å². The van der Waals surface area contributed by atoms with Crippen molar-refractivity contribution in [3.05, 3.63) is 28.8 Å². The minimum Gasteiger partial charge on any atom is -0.308 e. The Labute approximate surface area is 113 Å². The molecule has 0 spiro atoms. The fraction of sp³-hybridized carbons (Fsp3) is 0.500. The van der Waals surface area contributed by atoms with E-state index in [-0.39, 0.29) is 11.4 Å². The molecule has 0 bridgehead atoms. The van der Waals surface area contributed by atoms with Crippen molar-refractivity contribution >= 4 is 23.2 Å². The number of carbonyl (C=O) groups excluding carboxylic acids is 1. The molecule has 1 N–H and O–H groups in total. The van der Waals surface area contributed by atoms with Gasteiger partial charge in [0.15, 0.2) is 0 Å². The number of nitrogens with one attached hydrogen (secondary N) is 1. The minimum absolute atomic E-state index is 0.0999. The zero-order chi connectivity index (χ0) is 13.3. The number of hydrogen-bond acceptors (Lipinski definition) is 2. The molecule has 0 aliphatic carbocycles. The number of halogens is 1. The summed E-state index contributed by atoms with van der Waals surface area (Å²) in [6, 6.07) is 5.69. The first-order chi connectivity index (χ1) is 8.42. The first-order valence-electron chi connectivity index (χ1n) is 6.22. The number of anilines is 1. The fourth-order valence-corrected chi connectivity index (χ4v) is 2.57. The van der Waals surface area contributed by atoms with E-state index >= 15 is 0 Å². The lowest BCUT2D eigenvalue weighted by Crippen LogP contribution is -2.48. The second-order valence-corrected chi connectivity index (χ2v) is 5.84. The van der Waals surface area contributed by atoms with E-state index in [0.29, 0.717) is 11.6 Å². The molecule has 0 aromatic heterocycles. The smallest absolute Gasteiger partial charge is 0.241 e. The summed E-state index contributed by atoms with van der Waals surface area (Å²) in [5.41, 5.74) is 1.79. The molecule has 1 aromatic rings. The van der Waals surface area contributed by atoms with Gasteiger partial charge in [0.25, 0.3) is 0 Å². The van der Waals surface area contributed by atoms with Gasteiger partial charge in [0.2, 0.25) is 5.91 Å². The van der Waals surface area contributed by atoms with E-state index in [1.165, 1.54) is 0 Å². The molecule has 4 heteroatoms. The Kier molecular flexibility index (Phi) is 3.64. The molecule has 1 saturated heterocycles. The summed E-state index contributed by atoms with van der Waals surface area (Å²) in [7, 11) is 0. The van der Waals surface area contributed by atoms with Gasteiger partial charge in [-0.1, -0.05) is 17.7 Å². The number of benzene rings is 1. The Hall–Kier alpha value is -1.06. The summed E-state index contributed by atoms with van der Waals surface area (Å²) >= 11 is 6.06. The summed E-state index contributed by atoms with van der Waals surface area (Å²) in [6.07, 6.45) is 0.921. The maximum Gasteiger partial charge on any atom is 0.241 e. The SMILES string of the molecule is Cc1ccc(Cl)cc1N1C(=O)CNCCC1(C)C. The molecule has 0 saturated carbocycles. The monoisotopic (exact) mass is 266 g/mol. The largest absolute Gasteiger partial charge is 0.308 e. The van der Waals surface area contributed by atoms with Crippen molar-refractivity contribution in [3.63, 3.8) is 0 Å². The summed E-state index contributed by atoms with van der Waals surface area (Å²) in [6.45, 7) is 7.44. The Morgan fingerprint density at radius 1 is 1.39 bits per heavy atom. The molecule has 1 aliphatic heterocycles. The molecular weight excluding hydrogens is 248 g/mol. The predicted octanol–water partition coefficient (Wildman–Crippen LogP) is 2.75. The zero-order valence-electron chi connectivity index (χ0n) is 11.1. The third-order valence-corrected chi connectivity index (χ3v) is 3.69. The van der Waals surface area contributed by atoms with E-state index in [2.05, 4.69) is 19.2 Å². The van der Waals surface area contributed by atoms with Crippen molar-refractivity contribution in [2.24, 2.45) is 0 Å². The van der Waals surface area contributed by atoms with Gasteiger partial charge >= 0.3 is 0 Å². The minimum atomic E-state index is -0.198. The molecule has 2 rings (SSSR count). The number of amides is 1. The Bertz CT molecular complexity index is 471. The average molecular weight is 267 g/mol. The number of aryl methyl sites for hydroxylation is 1. The highest BCUT2D eigenvalue weighted by atomic mass is 35.5. The molecule has 1 fully saturated rings. The summed E-state index contributed by atoms with van der Waals surface area (Å²) in [5, 5.41) is 3.83. The van der Waals surface area contributed by atoms with Crippen LogP contribution in [-0.4, -0.2) is 24.5 Å². The van der Waals surface area contributed by atoms with Crippen LogP contribution in [0, 0.1) is 6.92 Å². The van der Waals surface area contributed by atoms with Crippen molar-refractivity contribution in [1.29, 1.82) is 0 Å². The third kappa shape index (κ3) is 2.52. The van der Waals surface area contributed by atoms with Crippen molar-refractivity contribution in [3.8, 4) is 0 Å². The van der Waals surface area contributed by atoms with Gasteiger partial charge in [0.05, 0.1) is 6.54 Å². The van der Waals surface area contributed by atoms with E-state index in [1.807, 2.05) is 30.0 Å². The second kappa shape index (κ2) is 4.90. The van der Waals surface area contributed by atoms with Gasteiger partial charge in [-0.3, -0.25) is 4.79 Å². The predicted molar refractivity (Wildman–Crippen MR) is 75.2 cm³/mol. The molecule has 1 heterocycles. The Morgan fingerprint density at radius 2 is 2.11 bits per heavy atom. The van der Waals surface area contributed by atoms with Crippen LogP contribution in [-0.2, 0) is 4.79 Å². The Balaban J connectivity index is 2.50. The molecule has 98 valence electrons. The lowest BCUT2D eigenvalue weighted by Gasteiger charge is -2.38. The zero-order valence-corrected chi connectivity index (χ0v) is 11.8. The van der Waals surface area contributed by atoms with Crippen molar-refractivity contribution in [2.45, 2.75) is 32.7 Å². The Morgan fingerprint density at radius 3 is 2.83 bits per heavy atom. The number of hydrogen-bond donors (Lipinski definition) is 1. The first-order valence-corrected chi connectivity index (χ1v) is 6.59. The van der Waals surface area contributed by atoms with Gasteiger partial charge in [0.1, 0.15) is 0 Å². The van der Waals surface area contributed by atoms with Crippen LogP contribution in [0.2, 0.25) is 5.02 Å². The number of nitrogens with zero attached hydrogens (tertiary/aromatic N) is 1. The molecule has 1 aliphatic rings. The standard InChI is InChI=1S/C14H19ClN2O/c1-10-4-5-11(15)8-12(10)17-13(18)9-16-7-6-14(17,2)3/h4-5,8,16H,6-7,9H2,1-3H3. The fourth-order valence-electron chi connectivity index (χ4n) is 2.40. The van der Waals surface area contributed by atoms with Gasteiger partial charge < -0.3 is 10.2 Å². The highest BCUT2D eigenvalue weighted by Gasteiger charge is 2.34. The van der Waals surface area contributed by atoms with Crippen molar-refractivity contribution in [2.75, 3.05) is 18.0 Å². The van der Waals surface area contributed by atoms with Crippen LogP contribution >= 0.6 is 11.6 Å². The second-order valence-electron chi connectivity index (χ2n) is 5.40. The molecule has 0 unspecified atom stereocenters. The van der Waals surface area contributed by atoms with Crippen LogP contribution in [0.1, 0.15) is 25.8 Å².